The average molecular weight is 376 g/mol. The van der Waals surface area contributed by atoms with Crippen LogP contribution in [0, 0.1) is 19.7 Å². The minimum absolute atomic E-state index is 0.123. The van der Waals surface area contributed by atoms with Gasteiger partial charge in [0.15, 0.2) is 5.82 Å². The maximum atomic E-state index is 13.1. The Hall–Kier alpha value is -3.28. The SMILES string of the molecule is Cc1cccc(NC(=O)N2CCc3nc(-c4ccc(F)cc4)ncc3C2)c1C. The largest absolute Gasteiger partial charge is 0.322 e. The van der Waals surface area contributed by atoms with Gasteiger partial charge in [-0.1, -0.05) is 12.1 Å². The minimum Gasteiger partial charge on any atom is -0.320 e. The quantitative estimate of drug-likeness (QED) is 0.717. The number of hydrogen-bond acceptors (Lipinski definition) is 3. The predicted octanol–water partition coefficient (Wildman–Crippen LogP) is 4.49. The van der Waals surface area contributed by atoms with Gasteiger partial charge in [-0.25, -0.2) is 19.2 Å². The molecule has 0 fully saturated rings. The number of urea groups is 1. The van der Waals surface area contributed by atoms with E-state index in [0.717, 1.165) is 33.6 Å². The minimum atomic E-state index is -0.285. The van der Waals surface area contributed by atoms with E-state index in [0.29, 0.717) is 25.3 Å². The zero-order valence-electron chi connectivity index (χ0n) is 15.9. The normalized spacial score (nSPS) is 13.2. The van der Waals surface area contributed by atoms with Crippen molar-refractivity contribution in [2.24, 2.45) is 0 Å². The molecule has 142 valence electrons. The van der Waals surface area contributed by atoms with Crippen LogP contribution < -0.4 is 5.32 Å². The summed E-state index contributed by atoms with van der Waals surface area (Å²) in [4.78, 5) is 23.5. The fraction of sp³-hybridized carbons (Fsp3) is 0.227. The fourth-order valence-corrected chi connectivity index (χ4v) is 3.31. The summed E-state index contributed by atoms with van der Waals surface area (Å²) in [6.45, 7) is 5.08. The molecule has 0 bridgehead atoms. The molecule has 4 rings (SSSR count). The van der Waals surface area contributed by atoms with Gasteiger partial charge in [0.05, 0.1) is 12.2 Å². The summed E-state index contributed by atoms with van der Waals surface area (Å²) in [5.41, 5.74) is 5.69. The highest BCUT2D eigenvalue weighted by atomic mass is 19.1. The molecule has 3 aromatic rings. The summed E-state index contributed by atoms with van der Waals surface area (Å²) < 4.78 is 13.1. The summed E-state index contributed by atoms with van der Waals surface area (Å²) in [5.74, 6) is 0.291. The number of aryl methyl sites for hydroxylation is 1. The first kappa shape index (κ1) is 18.1. The topological polar surface area (TPSA) is 58.1 Å². The van der Waals surface area contributed by atoms with Gasteiger partial charge in [-0.3, -0.25) is 0 Å². The molecule has 0 radical (unpaired) electrons. The van der Waals surface area contributed by atoms with Crippen LogP contribution in [-0.2, 0) is 13.0 Å². The van der Waals surface area contributed by atoms with Crippen LogP contribution in [0.25, 0.3) is 11.4 Å². The van der Waals surface area contributed by atoms with E-state index in [1.807, 2.05) is 32.0 Å². The van der Waals surface area contributed by atoms with Crippen LogP contribution in [0.3, 0.4) is 0 Å². The summed E-state index contributed by atoms with van der Waals surface area (Å²) in [6.07, 6.45) is 2.42. The van der Waals surface area contributed by atoms with Crippen molar-refractivity contribution < 1.29 is 9.18 Å². The predicted molar refractivity (Wildman–Crippen MR) is 106 cm³/mol. The lowest BCUT2D eigenvalue weighted by Crippen LogP contribution is -2.39. The Labute approximate surface area is 163 Å². The number of nitrogens with one attached hydrogen (secondary N) is 1. The van der Waals surface area contributed by atoms with Crippen LogP contribution >= 0.6 is 0 Å². The summed E-state index contributed by atoms with van der Waals surface area (Å²) >= 11 is 0. The van der Waals surface area contributed by atoms with Crippen LogP contribution in [0.15, 0.2) is 48.7 Å². The monoisotopic (exact) mass is 376 g/mol. The molecule has 5 nitrogen and oxygen atoms in total. The number of nitrogens with zero attached hydrogens (tertiary/aromatic N) is 3. The zero-order valence-corrected chi connectivity index (χ0v) is 15.9. The number of amides is 2. The Bertz CT molecular complexity index is 1030. The van der Waals surface area contributed by atoms with E-state index in [2.05, 4.69) is 15.3 Å². The second-order valence-corrected chi connectivity index (χ2v) is 7.02. The van der Waals surface area contributed by atoms with E-state index in [4.69, 9.17) is 0 Å². The van der Waals surface area contributed by atoms with Crippen molar-refractivity contribution in [3.05, 3.63) is 76.9 Å². The number of rotatable bonds is 2. The molecule has 2 heterocycles. The lowest BCUT2D eigenvalue weighted by Gasteiger charge is -2.28. The van der Waals surface area contributed by atoms with Gasteiger partial charge in [0.25, 0.3) is 0 Å². The highest BCUT2D eigenvalue weighted by molar-refractivity contribution is 5.90. The molecule has 0 saturated heterocycles. The van der Waals surface area contributed by atoms with Gasteiger partial charge in [0.1, 0.15) is 5.82 Å². The number of carbonyl (C=O) groups is 1. The zero-order chi connectivity index (χ0) is 19.7. The lowest BCUT2D eigenvalue weighted by atomic mass is 10.1. The average Bonchev–Trinajstić information content (AvgIpc) is 2.71. The summed E-state index contributed by atoms with van der Waals surface area (Å²) in [5, 5.41) is 3.00. The number of aromatic nitrogens is 2. The third kappa shape index (κ3) is 3.58. The molecule has 1 aromatic heterocycles. The maximum Gasteiger partial charge on any atom is 0.322 e. The van der Waals surface area contributed by atoms with Gasteiger partial charge in [-0.15, -0.1) is 0 Å². The molecule has 0 atom stereocenters. The second kappa shape index (κ2) is 7.38. The Morgan fingerprint density at radius 2 is 1.93 bits per heavy atom. The molecule has 1 N–H and O–H groups in total. The van der Waals surface area contributed by atoms with E-state index >= 15 is 0 Å². The molecule has 0 unspecified atom stereocenters. The fourth-order valence-electron chi connectivity index (χ4n) is 3.31. The van der Waals surface area contributed by atoms with Gasteiger partial charge < -0.3 is 10.2 Å². The molecule has 1 aliphatic heterocycles. The smallest absolute Gasteiger partial charge is 0.320 e. The molecular weight excluding hydrogens is 355 g/mol. The third-order valence-electron chi connectivity index (χ3n) is 5.17. The maximum absolute atomic E-state index is 13.1. The number of hydrogen-bond donors (Lipinski definition) is 1. The number of benzene rings is 2. The molecule has 0 spiro atoms. The van der Waals surface area contributed by atoms with E-state index in [1.165, 1.54) is 12.1 Å². The molecule has 28 heavy (non-hydrogen) atoms. The van der Waals surface area contributed by atoms with Crippen molar-refractivity contribution in [3.8, 4) is 11.4 Å². The van der Waals surface area contributed by atoms with Crippen LogP contribution in [-0.4, -0.2) is 27.4 Å². The Kier molecular flexibility index (Phi) is 4.77. The van der Waals surface area contributed by atoms with E-state index in [9.17, 15) is 9.18 Å². The summed E-state index contributed by atoms with van der Waals surface area (Å²) in [7, 11) is 0. The Morgan fingerprint density at radius 1 is 1.14 bits per heavy atom. The molecule has 6 heteroatoms. The van der Waals surface area contributed by atoms with Crippen molar-refractivity contribution in [1.82, 2.24) is 14.9 Å². The Balaban J connectivity index is 1.49. The first-order chi connectivity index (χ1) is 13.5. The van der Waals surface area contributed by atoms with Crippen molar-refractivity contribution in [1.29, 1.82) is 0 Å². The number of halogens is 1. The van der Waals surface area contributed by atoms with Crippen LogP contribution in [0.1, 0.15) is 22.4 Å². The molecule has 0 saturated carbocycles. The highest BCUT2D eigenvalue weighted by Gasteiger charge is 2.23. The lowest BCUT2D eigenvalue weighted by molar-refractivity contribution is 0.206. The molecule has 2 amide bonds. The number of anilines is 1. The van der Waals surface area contributed by atoms with Crippen molar-refractivity contribution >= 4 is 11.7 Å². The van der Waals surface area contributed by atoms with Gasteiger partial charge in [-0.05, 0) is 55.3 Å². The van der Waals surface area contributed by atoms with Gasteiger partial charge in [0, 0.05) is 36.0 Å². The third-order valence-corrected chi connectivity index (χ3v) is 5.17. The molecule has 2 aromatic carbocycles. The van der Waals surface area contributed by atoms with Crippen molar-refractivity contribution in [3.63, 3.8) is 0 Å². The van der Waals surface area contributed by atoms with Crippen LogP contribution in [0.2, 0.25) is 0 Å². The standard InChI is InChI=1S/C22H21FN4O/c1-14-4-3-5-19(15(14)2)26-22(28)27-11-10-20-17(13-27)12-24-21(25-20)16-6-8-18(23)9-7-16/h3-9,12H,10-11,13H2,1-2H3,(H,26,28). The first-order valence-electron chi connectivity index (χ1n) is 9.24. The summed E-state index contributed by atoms with van der Waals surface area (Å²) in [6, 6.07) is 11.9. The first-order valence-corrected chi connectivity index (χ1v) is 9.24. The Morgan fingerprint density at radius 3 is 2.71 bits per heavy atom. The van der Waals surface area contributed by atoms with Gasteiger partial charge in [-0.2, -0.15) is 0 Å². The van der Waals surface area contributed by atoms with E-state index in [-0.39, 0.29) is 11.8 Å². The van der Waals surface area contributed by atoms with Crippen LogP contribution in [0.5, 0.6) is 0 Å². The van der Waals surface area contributed by atoms with Crippen molar-refractivity contribution in [2.45, 2.75) is 26.8 Å². The van der Waals surface area contributed by atoms with Crippen molar-refractivity contribution in [2.75, 3.05) is 11.9 Å². The number of carbonyl (C=O) groups excluding carboxylic acids is 1. The van der Waals surface area contributed by atoms with Crippen LogP contribution in [0.4, 0.5) is 14.9 Å². The van der Waals surface area contributed by atoms with E-state index in [1.54, 1.807) is 23.2 Å². The van der Waals surface area contributed by atoms with E-state index < -0.39 is 0 Å². The highest BCUT2D eigenvalue weighted by Crippen LogP contribution is 2.23. The van der Waals surface area contributed by atoms with Gasteiger partial charge in [0.2, 0.25) is 0 Å². The molecule has 1 aliphatic rings. The van der Waals surface area contributed by atoms with Gasteiger partial charge >= 0.3 is 6.03 Å². The number of fused-ring (bicyclic) bond motifs is 1. The molecule has 0 aliphatic carbocycles. The second-order valence-electron chi connectivity index (χ2n) is 7.02. The molecular formula is C22H21FN4O.